The second kappa shape index (κ2) is 5.66. The van der Waals surface area contributed by atoms with Gasteiger partial charge in [-0.25, -0.2) is 0 Å². The Kier molecular flexibility index (Phi) is 4.47. The lowest BCUT2D eigenvalue weighted by molar-refractivity contribution is 0.476. The Morgan fingerprint density at radius 2 is 2.00 bits per heavy atom. The first-order chi connectivity index (χ1) is 6.79. The molecule has 0 aliphatic rings. The maximum Gasteiger partial charge on any atom is 0.147 e. The molecule has 0 aromatic heterocycles. The molecular weight excluding hydrogens is 240 g/mol. The topological polar surface area (TPSA) is 9.23 Å². The summed E-state index contributed by atoms with van der Waals surface area (Å²) in [5, 5.41) is 0. The first kappa shape index (κ1) is 11.1. The van der Waals surface area contributed by atoms with Gasteiger partial charge in [-0.2, -0.15) is 0 Å². The molecule has 0 heterocycles. The van der Waals surface area contributed by atoms with Crippen molar-refractivity contribution in [2.75, 3.05) is 0 Å². The van der Waals surface area contributed by atoms with Crippen LogP contribution in [0.2, 0.25) is 0 Å². The summed E-state index contributed by atoms with van der Waals surface area (Å²) in [5.74, 6) is 0.851. The highest BCUT2D eigenvalue weighted by molar-refractivity contribution is 9.10. The summed E-state index contributed by atoms with van der Waals surface area (Å²) in [6.45, 7) is 3.91. The number of hydrogen-bond acceptors (Lipinski definition) is 1. The predicted molar refractivity (Wildman–Crippen MR) is 64.3 cm³/mol. The second-order valence-electron chi connectivity index (χ2n) is 2.75. The van der Waals surface area contributed by atoms with Crippen LogP contribution in [0.25, 0.3) is 6.08 Å². The van der Waals surface area contributed by atoms with Gasteiger partial charge in [-0.15, -0.1) is 0 Å². The summed E-state index contributed by atoms with van der Waals surface area (Å²) < 4.78 is 6.46. The Morgan fingerprint density at radius 3 is 2.64 bits per heavy atom. The van der Waals surface area contributed by atoms with Crippen LogP contribution in [0.15, 0.2) is 41.1 Å². The maximum atomic E-state index is 5.49. The number of benzene rings is 1. The van der Waals surface area contributed by atoms with Crippen molar-refractivity contribution in [2.24, 2.45) is 0 Å². The third-order valence-electron chi connectivity index (χ3n) is 1.67. The van der Waals surface area contributed by atoms with Gasteiger partial charge < -0.3 is 4.74 Å². The lowest BCUT2D eigenvalue weighted by atomic mass is 10.2. The van der Waals surface area contributed by atoms with E-state index in [0.29, 0.717) is 0 Å². The molecule has 1 aromatic rings. The van der Waals surface area contributed by atoms with E-state index >= 15 is 0 Å². The van der Waals surface area contributed by atoms with E-state index in [1.165, 1.54) is 0 Å². The molecule has 0 aliphatic carbocycles. The first-order valence-electron chi connectivity index (χ1n) is 4.48. The van der Waals surface area contributed by atoms with Crippen molar-refractivity contribution in [3.63, 3.8) is 0 Å². The molecule has 0 radical (unpaired) electrons. The third kappa shape index (κ3) is 2.74. The van der Waals surface area contributed by atoms with Crippen molar-refractivity contribution in [2.45, 2.75) is 13.8 Å². The number of para-hydroxylation sites is 1. The van der Waals surface area contributed by atoms with E-state index in [1.54, 1.807) is 6.26 Å². The lowest BCUT2D eigenvalue weighted by Crippen LogP contribution is -1.87. The molecule has 2 heteroatoms. The number of rotatable bonds is 3. The van der Waals surface area contributed by atoms with Gasteiger partial charge in [0.05, 0.1) is 10.7 Å². The quantitative estimate of drug-likeness (QED) is 0.725. The molecule has 1 aromatic carbocycles. The van der Waals surface area contributed by atoms with E-state index in [1.807, 2.05) is 50.3 Å². The summed E-state index contributed by atoms with van der Waals surface area (Å²) >= 11 is 3.45. The third-order valence-corrected chi connectivity index (χ3v) is 2.29. The second-order valence-corrected chi connectivity index (χ2v) is 3.60. The molecule has 1 rings (SSSR count). The average Bonchev–Trinajstić information content (AvgIpc) is 2.18. The summed E-state index contributed by atoms with van der Waals surface area (Å²) in [6, 6.07) is 5.97. The van der Waals surface area contributed by atoms with E-state index in [0.717, 1.165) is 15.8 Å². The fourth-order valence-corrected chi connectivity index (χ4v) is 1.57. The zero-order chi connectivity index (χ0) is 10.4. The van der Waals surface area contributed by atoms with Crippen LogP contribution < -0.4 is 4.74 Å². The Hall–Kier alpha value is -1.02. The standard InChI is InChI=1S/C12H13BrO/c1-3-6-10-7-5-8-11(13)12(10)14-9-4-2/h3-9H,1-2H3/b6-3+,9-4+. The fourth-order valence-electron chi connectivity index (χ4n) is 1.10. The molecule has 0 unspecified atom stereocenters. The monoisotopic (exact) mass is 252 g/mol. The highest BCUT2D eigenvalue weighted by Gasteiger charge is 2.03. The van der Waals surface area contributed by atoms with Gasteiger partial charge in [0, 0.05) is 5.56 Å². The molecule has 1 nitrogen and oxygen atoms in total. The van der Waals surface area contributed by atoms with Crippen molar-refractivity contribution in [1.29, 1.82) is 0 Å². The number of halogens is 1. The van der Waals surface area contributed by atoms with Crippen LogP contribution in [-0.2, 0) is 0 Å². The SMILES string of the molecule is C/C=C/Oc1c(Br)cccc1/C=C/C. The van der Waals surface area contributed by atoms with Crippen LogP contribution in [0, 0.1) is 0 Å². The highest BCUT2D eigenvalue weighted by atomic mass is 79.9. The van der Waals surface area contributed by atoms with Crippen LogP contribution >= 0.6 is 15.9 Å². The van der Waals surface area contributed by atoms with E-state index in [4.69, 9.17) is 4.74 Å². The van der Waals surface area contributed by atoms with E-state index in [2.05, 4.69) is 15.9 Å². The fraction of sp³-hybridized carbons (Fsp3) is 0.167. The zero-order valence-corrected chi connectivity index (χ0v) is 9.91. The van der Waals surface area contributed by atoms with E-state index < -0.39 is 0 Å². The summed E-state index contributed by atoms with van der Waals surface area (Å²) in [6.07, 6.45) is 7.54. The van der Waals surface area contributed by atoms with Crippen molar-refractivity contribution in [3.8, 4) is 5.75 Å². The molecule has 0 saturated heterocycles. The number of allylic oxidation sites excluding steroid dienone is 2. The molecule has 0 aliphatic heterocycles. The minimum Gasteiger partial charge on any atom is -0.464 e. The van der Waals surface area contributed by atoms with Gasteiger partial charge in [0.25, 0.3) is 0 Å². The molecule has 0 N–H and O–H groups in total. The molecule has 74 valence electrons. The van der Waals surface area contributed by atoms with Crippen LogP contribution in [0.3, 0.4) is 0 Å². The highest BCUT2D eigenvalue weighted by Crippen LogP contribution is 2.30. The van der Waals surface area contributed by atoms with Crippen molar-refractivity contribution >= 4 is 22.0 Å². The molecule has 0 saturated carbocycles. The molecule has 0 atom stereocenters. The van der Waals surface area contributed by atoms with Gasteiger partial charge >= 0.3 is 0 Å². The van der Waals surface area contributed by atoms with Crippen LogP contribution in [0.1, 0.15) is 19.4 Å². The average molecular weight is 253 g/mol. The van der Waals surface area contributed by atoms with Crippen LogP contribution in [0.5, 0.6) is 5.75 Å². The van der Waals surface area contributed by atoms with Gasteiger partial charge in [0.15, 0.2) is 0 Å². The van der Waals surface area contributed by atoms with Gasteiger partial charge in [-0.3, -0.25) is 0 Å². The smallest absolute Gasteiger partial charge is 0.147 e. The number of hydrogen-bond donors (Lipinski definition) is 0. The van der Waals surface area contributed by atoms with Crippen LogP contribution in [0.4, 0.5) is 0 Å². The maximum absolute atomic E-state index is 5.49. The normalized spacial score (nSPS) is 11.4. The molecule has 0 amide bonds. The lowest BCUT2D eigenvalue weighted by Gasteiger charge is -2.06. The summed E-state index contributed by atoms with van der Waals surface area (Å²) in [7, 11) is 0. The Balaban J connectivity index is 3.08. The minimum atomic E-state index is 0.851. The number of ether oxygens (including phenoxy) is 1. The predicted octanol–water partition coefficient (Wildman–Crippen LogP) is 4.39. The Labute approximate surface area is 93.2 Å². The van der Waals surface area contributed by atoms with Crippen LogP contribution in [-0.4, -0.2) is 0 Å². The van der Waals surface area contributed by atoms with Crippen molar-refractivity contribution in [1.82, 2.24) is 0 Å². The van der Waals surface area contributed by atoms with Gasteiger partial charge in [-0.05, 0) is 35.8 Å². The van der Waals surface area contributed by atoms with Crippen molar-refractivity contribution < 1.29 is 4.74 Å². The van der Waals surface area contributed by atoms with E-state index in [-0.39, 0.29) is 0 Å². The van der Waals surface area contributed by atoms with Gasteiger partial charge in [-0.1, -0.05) is 30.4 Å². The molecule has 14 heavy (non-hydrogen) atoms. The molecule has 0 fully saturated rings. The largest absolute Gasteiger partial charge is 0.464 e. The van der Waals surface area contributed by atoms with Crippen molar-refractivity contribution in [3.05, 3.63) is 46.6 Å². The van der Waals surface area contributed by atoms with Gasteiger partial charge in [0.2, 0.25) is 0 Å². The Morgan fingerprint density at radius 1 is 1.21 bits per heavy atom. The molecule has 0 spiro atoms. The summed E-state index contributed by atoms with van der Waals surface area (Å²) in [4.78, 5) is 0. The minimum absolute atomic E-state index is 0.851. The van der Waals surface area contributed by atoms with Gasteiger partial charge in [0.1, 0.15) is 5.75 Å². The molecular formula is C12H13BrO. The molecule has 0 bridgehead atoms. The zero-order valence-electron chi connectivity index (χ0n) is 8.33. The van der Waals surface area contributed by atoms with E-state index in [9.17, 15) is 0 Å². The Bertz CT molecular complexity index is 353. The summed E-state index contributed by atoms with van der Waals surface area (Å²) in [5.41, 5.74) is 1.07. The first-order valence-corrected chi connectivity index (χ1v) is 5.28.